The first-order valence-electron chi connectivity index (χ1n) is 25.0. The molecule has 71 heavy (non-hydrogen) atoms. The van der Waals surface area contributed by atoms with Gasteiger partial charge in [-0.3, -0.25) is 10.0 Å². The highest BCUT2D eigenvalue weighted by Gasteiger charge is 2.43. The van der Waals surface area contributed by atoms with Crippen LogP contribution >= 0.6 is 0 Å². The Morgan fingerprint density at radius 2 is 0.930 bits per heavy atom. The lowest BCUT2D eigenvalue weighted by Crippen LogP contribution is -2.50. The number of fused-ring (bicyclic) bond motifs is 3. The molecule has 0 atom stereocenters. The van der Waals surface area contributed by atoms with Crippen LogP contribution in [0, 0.1) is 13.8 Å². The zero-order valence-corrected chi connectivity index (χ0v) is 41.4. The van der Waals surface area contributed by atoms with E-state index in [4.69, 9.17) is 28.9 Å². The number of esters is 2. The fourth-order valence-electron chi connectivity index (χ4n) is 10.9. The average molecular weight is 967 g/mol. The second-order valence-electron chi connectivity index (χ2n) is 19.8. The molecule has 3 saturated heterocycles. The summed E-state index contributed by atoms with van der Waals surface area (Å²) in [6, 6.07) is 25.3. The van der Waals surface area contributed by atoms with Crippen LogP contribution in [-0.2, 0) is 28.7 Å². The average Bonchev–Trinajstić information content (AvgIpc) is 3.41. The lowest BCUT2D eigenvalue weighted by atomic mass is 9.82. The third-order valence-corrected chi connectivity index (χ3v) is 15.3. The number of nitrogens with one attached hydrogen (secondary N) is 2. The lowest BCUT2D eigenvalue weighted by Gasteiger charge is -2.45. The molecule has 1 amide bonds. The molecule has 6 aliphatic heterocycles. The maximum Gasteiger partial charge on any atom is 0.341 e. The maximum absolute atomic E-state index is 12.1. The standard InChI is InChI=1S/C21H24N2O3.C20H23N3O3.C15H19NO3/c1-15-6-7-18(22-14-15)23-12-10-21(11-13-23)9-8-16-4-3-5-17(19(16)26-21)20(24)25-2;1-14-5-6-17(21-13-14)23-11-9-20(10-12-23)8-7-15-3-2-4-16(18(15)26-20)19(24)22-25;1-18-14(17)12-4-2-3-11-5-6-15(19-13(11)12)7-9-16-10-8-15/h3-7,14H,8-13H2,1-2H3;2-6,13,25H,7-12H2,1H3,(H,22,24);2-4,16H,5-10H2,1H3. The van der Waals surface area contributed by atoms with Crippen molar-refractivity contribution < 1.29 is 43.3 Å². The van der Waals surface area contributed by atoms with Gasteiger partial charge in [-0.2, -0.15) is 0 Å². The molecule has 3 aromatic carbocycles. The fourth-order valence-corrected chi connectivity index (χ4v) is 10.9. The highest BCUT2D eigenvalue weighted by atomic mass is 16.5. The van der Waals surface area contributed by atoms with Crippen LogP contribution in [0.3, 0.4) is 0 Å². The molecule has 6 aliphatic rings. The molecule has 0 bridgehead atoms. The topological polar surface area (TPSA) is 174 Å². The summed E-state index contributed by atoms with van der Waals surface area (Å²) in [7, 11) is 2.82. The van der Waals surface area contributed by atoms with Crippen LogP contribution < -0.4 is 34.8 Å². The Morgan fingerprint density at radius 3 is 1.30 bits per heavy atom. The number of piperidine rings is 3. The van der Waals surface area contributed by atoms with E-state index in [2.05, 4.69) is 49.4 Å². The molecule has 0 unspecified atom stereocenters. The number of hydrogen-bond donors (Lipinski definition) is 3. The van der Waals surface area contributed by atoms with Gasteiger partial charge in [0, 0.05) is 64.3 Å². The minimum absolute atomic E-state index is 0.0949. The van der Waals surface area contributed by atoms with Crippen LogP contribution in [0.5, 0.6) is 17.2 Å². The van der Waals surface area contributed by atoms with Crippen molar-refractivity contribution in [1.29, 1.82) is 0 Å². The highest BCUT2D eigenvalue weighted by molar-refractivity contribution is 5.97. The number of anilines is 2. The van der Waals surface area contributed by atoms with Crippen molar-refractivity contribution in [2.45, 2.75) is 108 Å². The van der Waals surface area contributed by atoms with Gasteiger partial charge < -0.3 is 38.8 Å². The maximum atomic E-state index is 12.1. The number of hydroxylamine groups is 1. The van der Waals surface area contributed by atoms with Crippen molar-refractivity contribution in [2.24, 2.45) is 0 Å². The van der Waals surface area contributed by atoms with Crippen molar-refractivity contribution >= 4 is 29.5 Å². The Labute approximate surface area is 416 Å². The molecule has 0 saturated carbocycles. The third kappa shape index (κ3) is 10.8. The summed E-state index contributed by atoms with van der Waals surface area (Å²) in [6.07, 6.45) is 15.2. The van der Waals surface area contributed by atoms with Gasteiger partial charge in [-0.25, -0.2) is 25.0 Å². The van der Waals surface area contributed by atoms with Gasteiger partial charge in [-0.15, -0.1) is 0 Å². The Hall–Kier alpha value is -6.71. The van der Waals surface area contributed by atoms with Gasteiger partial charge in [0.05, 0.1) is 19.8 Å². The van der Waals surface area contributed by atoms with Crippen LogP contribution in [-0.4, -0.2) is 103 Å². The summed E-state index contributed by atoms with van der Waals surface area (Å²) >= 11 is 0. The van der Waals surface area contributed by atoms with Gasteiger partial charge in [0.25, 0.3) is 5.91 Å². The van der Waals surface area contributed by atoms with E-state index in [1.54, 1.807) is 23.7 Å². The predicted molar refractivity (Wildman–Crippen MR) is 269 cm³/mol. The van der Waals surface area contributed by atoms with Crippen molar-refractivity contribution in [3.8, 4) is 17.2 Å². The second kappa shape index (κ2) is 21.3. The molecule has 8 heterocycles. The minimum Gasteiger partial charge on any atom is -0.486 e. The summed E-state index contributed by atoms with van der Waals surface area (Å²) in [5.74, 6) is 2.92. The SMILES string of the molecule is COC(=O)c1cccc2c1OC1(CC2)CCN(c2ccc(C)cn2)CC1.COC(=O)c1cccc2c1OC1(CCNCC1)CC2.Cc1ccc(N2CCC3(CCc4cccc(C(=O)NO)c4O3)CC2)nc1. The Bertz CT molecular complexity index is 2550. The predicted octanol–water partition coefficient (Wildman–Crippen LogP) is 8.33. The molecule has 0 aliphatic carbocycles. The molecule has 374 valence electrons. The molecular formula is C56H66N6O9. The third-order valence-electron chi connectivity index (χ3n) is 15.3. The number of methoxy groups -OCH3 is 2. The summed E-state index contributed by atoms with van der Waals surface area (Å²) in [5.41, 5.74) is 8.23. The smallest absolute Gasteiger partial charge is 0.341 e. The normalized spacial score (nSPS) is 18.8. The van der Waals surface area contributed by atoms with E-state index < -0.39 is 5.91 Å². The Balaban J connectivity index is 0.000000134. The molecule has 5 aromatic rings. The first kappa shape index (κ1) is 49.3. The first-order valence-corrected chi connectivity index (χ1v) is 25.0. The molecule has 11 rings (SSSR count). The molecule has 3 spiro atoms. The number of aryl methyl sites for hydroxylation is 5. The number of nitrogens with zero attached hydrogens (tertiary/aromatic N) is 4. The van der Waals surface area contributed by atoms with E-state index in [0.29, 0.717) is 28.2 Å². The van der Waals surface area contributed by atoms with Crippen molar-refractivity contribution in [2.75, 3.05) is 63.3 Å². The summed E-state index contributed by atoms with van der Waals surface area (Å²) in [6.45, 7) is 9.62. The minimum atomic E-state index is -0.528. The number of amides is 1. The quantitative estimate of drug-likeness (QED) is 0.0872. The Kier molecular flexibility index (Phi) is 14.8. The van der Waals surface area contributed by atoms with Gasteiger partial charge in [0.1, 0.15) is 56.8 Å². The van der Waals surface area contributed by atoms with E-state index >= 15 is 0 Å². The number of pyridine rings is 2. The van der Waals surface area contributed by atoms with E-state index in [9.17, 15) is 14.4 Å². The zero-order chi connectivity index (χ0) is 49.6. The number of aromatic nitrogens is 2. The highest BCUT2D eigenvalue weighted by Crippen LogP contribution is 2.44. The zero-order valence-electron chi connectivity index (χ0n) is 41.4. The van der Waals surface area contributed by atoms with Gasteiger partial charge >= 0.3 is 11.9 Å². The van der Waals surface area contributed by atoms with E-state index in [0.717, 1.165) is 156 Å². The van der Waals surface area contributed by atoms with E-state index in [1.165, 1.54) is 19.8 Å². The molecule has 3 fully saturated rings. The number of ether oxygens (including phenoxy) is 5. The summed E-state index contributed by atoms with van der Waals surface area (Å²) < 4.78 is 28.9. The molecule has 3 N–H and O–H groups in total. The van der Waals surface area contributed by atoms with Crippen molar-refractivity contribution in [3.63, 3.8) is 0 Å². The summed E-state index contributed by atoms with van der Waals surface area (Å²) in [4.78, 5) is 49.6. The van der Waals surface area contributed by atoms with Crippen LogP contribution in [0.2, 0.25) is 0 Å². The fraction of sp³-hybridized carbons (Fsp3) is 0.446. The van der Waals surface area contributed by atoms with Crippen molar-refractivity contribution in [3.05, 3.63) is 136 Å². The second-order valence-corrected chi connectivity index (χ2v) is 19.8. The number of carbonyl (C=O) groups excluding carboxylic acids is 3. The van der Waals surface area contributed by atoms with Gasteiger partial charge in [0.15, 0.2) is 0 Å². The van der Waals surface area contributed by atoms with Gasteiger partial charge in [-0.05, 0) is 136 Å². The molecular weight excluding hydrogens is 901 g/mol. The number of hydrogen-bond acceptors (Lipinski definition) is 14. The molecule has 0 radical (unpaired) electrons. The van der Waals surface area contributed by atoms with Crippen molar-refractivity contribution in [1.82, 2.24) is 20.8 Å². The largest absolute Gasteiger partial charge is 0.486 e. The first-order chi connectivity index (χ1) is 34.4. The van der Waals surface area contributed by atoms with Gasteiger partial charge in [0.2, 0.25) is 0 Å². The van der Waals surface area contributed by atoms with Crippen LogP contribution in [0.15, 0.2) is 91.3 Å². The monoisotopic (exact) mass is 966 g/mol. The number of benzene rings is 3. The molecule has 15 heteroatoms. The van der Waals surface area contributed by atoms with Crippen LogP contribution in [0.25, 0.3) is 0 Å². The van der Waals surface area contributed by atoms with Crippen LogP contribution in [0.4, 0.5) is 11.6 Å². The Morgan fingerprint density at radius 1 is 0.549 bits per heavy atom. The molecule has 15 nitrogen and oxygen atoms in total. The van der Waals surface area contributed by atoms with Crippen LogP contribution in [0.1, 0.15) is 117 Å². The van der Waals surface area contributed by atoms with Gasteiger partial charge in [-0.1, -0.05) is 48.5 Å². The lowest BCUT2D eigenvalue weighted by molar-refractivity contribution is 0.0148. The number of carbonyl (C=O) groups is 3. The van der Waals surface area contributed by atoms with E-state index in [-0.39, 0.29) is 28.7 Å². The molecule has 2 aromatic heterocycles. The number of rotatable bonds is 5. The summed E-state index contributed by atoms with van der Waals surface area (Å²) in [5, 5.41) is 12.4. The number of para-hydroxylation sites is 3. The van der Waals surface area contributed by atoms with E-state index in [1.807, 2.05) is 62.6 Å².